The van der Waals surface area contributed by atoms with Gasteiger partial charge in [-0.1, -0.05) is 0 Å². The molecule has 0 unspecified atom stereocenters. The van der Waals surface area contributed by atoms with Gasteiger partial charge in [0, 0.05) is 18.6 Å². The monoisotopic (exact) mass is 213 g/mol. The normalized spacial score (nSPS) is 9.93. The highest BCUT2D eigenvalue weighted by Crippen LogP contribution is 2.17. The molecular weight excluding hydrogens is 205 g/mol. The Morgan fingerprint density at radius 2 is 2.20 bits per heavy atom. The summed E-state index contributed by atoms with van der Waals surface area (Å²) in [5, 5.41) is 18.8. The Hall–Kier alpha value is -1.98. The average molecular weight is 213 g/mol. The van der Waals surface area contributed by atoms with Crippen molar-refractivity contribution in [1.29, 1.82) is 0 Å². The maximum atomic E-state index is 13.1. The van der Waals surface area contributed by atoms with E-state index in [0.717, 1.165) is 18.2 Å². The molecule has 0 spiro atoms. The fourth-order valence-corrected chi connectivity index (χ4v) is 1.11. The van der Waals surface area contributed by atoms with Crippen molar-refractivity contribution in [1.82, 2.24) is 0 Å². The molecule has 0 aliphatic carbocycles. The number of benzene rings is 1. The van der Waals surface area contributed by atoms with Gasteiger partial charge in [-0.2, -0.15) is 0 Å². The first-order valence-electron chi connectivity index (χ1n) is 4.15. The van der Waals surface area contributed by atoms with Gasteiger partial charge in [0.15, 0.2) is 0 Å². The SMILES string of the molecule is O=C(O)CCc1cc([N+](=O)[O-])ccc1F. The van der Waals surface area contributed by atoms with Crippen LogP contribution in [0.2, 0.25) is 0 Å². The van der Waals surface area contributed by atoms with E-state index in [0.29, 0.717) is 0 Å². The zero-order valence-electron chi connectivity index (χ0n) is 7.64. The maximum absolute atomic E-state index is 13.1. The second-order valence-electron chi connectivity index (χ2n) is 2.93. The third kappa shape index (κ3) is 3.01. The summed E-state index contributed by atoms with van der Waals surface area (Å²) < 4.78 is 13.1. The van der Waals surface area contributed by atoms with Gasteiger partial charge < -0.3 is 5.11 Å². The molecule has 1 aromatic carbocycles. The number of nitro groups is 1. The first-order chi connectivity index (χ1) is 7.00. The molecule has 0 saturated carbocycles. The minimum Gasteiger partial charge on any atom is -0.481 e. The third-order valence-corrected chi connectivity index (χ3v) is 1.85. The van der Waals surface area contributed by atoms with Crippen LogP contribution < -0.4 is 0 Å². The van der Waals surface area contributed by atoms with E-state index in [2.05, 4.69) is 0 Å². The third-order valence-electron chi connectivity index (χ3n) is 1.85. The van der Waals surface area contributed by atoms with Crippen molar-refractivity contribution < 1.29 is 19.2 Å². The van der Waals surface area contributed by atoms with Crippen LogP contribution in [0.5, 0.6) is 0 Å². The molecular formula is C9H8FNO4. The molecule has 80 valence electrons. The molecule has 0 heterocycles. The summed E-state index contributed by atoms with van der Waals surface area (Å²) in [4.78, 5) is 20.0. The van der Waals surface area contributed by atoms with Crippen LogP contribution in [0.15, 0.2) is 18.2 Å². The van der Waals surface area contributed by atoms with E-state index < -0.39 is 16.7 Å². The number of carboxylic acid groups (broad SMARTS) is 1. The van der Waals surface area contributed by atoms with Gasteiger partial charge in [-0.3, -0.25) is 14.9 Å². The van der Waals surface area contributed by atoms with E-state index in [4.69, 9.17) is 5.11 Å². The van der Waals surface area contributed by atoms with E-state index in [1.807, 2.05) is 0 Å². The van der Waals surface area contributed by atoms with E-state index in [9.17, 15) is 19.3 Å². The lowest BCUT2D eigenvalue weighted by atomic mass is 10.1. The molecule has 1 rings (SSSR count). The van der Waals surface area contributed by atoms with Crippen molar-refractivity contribution in [3.05, 3.63) is 39.7 Å². The lowest BCUT2D eigenvalue weighted by Crippen LogP contribution is -2.00. The van der Waals surface area contributed by atoms with Crippen molar-refractivity contribution in [2.24, 2.45) is 0 Å². The number of aryl methyl sites for hydroxylation is 1. The molecule has 1 aromatic rings. The van der Waals surface area contributed by atoms with Crippen LogP contribution >= 0.6 is 0 Å². The maximum Gasteiger partial charge on any atom is 0.303 e. The van der Waals surface area contributed by atoms with Gasteiger partial charge in [0.25, 0.3) is 5.69 Å². The fraction of sp³-hybridized carbons (Fsp3) is 0.222. The highest BCUT2D eigenvalue weighted by atomic mass is 19.1. The van der Waals surface area contributed by atoms with E-state index >= 15 is 0 Å². The van der Waals surface area contributed by atoms with Crippen molar-refractivity contribution in [2.45, 2.75) is 12.8 Å². The van der Waals surface area contributed by atoms with Crippen LogP contribution in [0.1, 0.15) is 12.0 Å². The first kappa shape index (κ1) is 11.1. The predicted octanol–water partition coefficient (Wildman–Crippen LogP) is 1.75. The molecule has 6 heteroatoms. The highest BCUT2D eigenvalue weighted by Gasteiger charge is 2.11. The number of aliphatic carboxylic acids is 1. The number of rotatable bonds is 4. The van der Waals surface area contributed by atoms with Crippen LogP contribution in [0, 0.1) is 15.9 Å². The van der Waals surface area contributed by atoms with Gasteiger partial charge in [0.1, 0.15) is 5.82 Å². The largest absolute Gasteiger partial charge is 0.481 e. The topological polar surface area (TPSA) is 80.4 Å². The smallest absolute Gasteiger partial charge is 0.303 e. The summed E-state index contributed by atoms with van der Waals surface area (Å²) in [6.45, 7) is 0. The van der Waals surface area contributed by atoms with Crippen LogP contribution in [-0.4, -0.2) is 16.0 Å². The Balaban J connectivity index is 2.90. The molecule has 0 aromatic heterocycles. The van der Waals surface area contributed by atoms with Crippen LogP contribution in [0.4, 0.5) is 10.1 Å². The Bertz CT molecular complexity index is 405. The molecule has 5 nitrogen and oxygen atoms in total. The number of non-ortho nitro benzene ring substituents is 1. The zero-order chi connectivity index (χ0) is 11.4. The second kappa shape index (κ2) is 4.50. The van der Waals surface area contributed by atoms with Crippen LogP contribution in [-0.2, 0) is 11.2 Å². The lowest BCUT2D eigenvalue weighted by molar-refractivity contribution is -0.385. The van der Waals surface area contributed by atoms with Gasteiger partial charge in [0.2, 0.25) is 0 Å². The van der Waals surface area contributed by atoms with Crippen molar-refractivity contribution >= 4 is 11.7 Å². The number of halogens is 1. The van der Waals surface area contributed by atoms with E-state index in [-0.39, 0.29) is 24.1 Å². The van der Waals surface area contributed by atoms with Crippen LogP contribution in [0.3, 0.4) is 0 Å². The predicted molar refractivity (Wildman–Crippen MR) is 49.0 cm³/mol. The van der Waals surface area contributed by atoms with Gasteiger partial charge in [0.05, 0.1) is 4.92 Å². The van der Waals surface area contributed by atoms with Gasteiger partial charge in [-0.25, -0.2) is 4.39 Å². The minimum atomic E-state index is -1.07. The van der Waals surface area contributed by atoms with Gasteiger partial charge in [-0.15, -0.1) is 0 Å². The summed E-state index contributed by atoms with van der Waals surface area (Å²) >= 11 is 0. The molecule has 0 aliphatic heterocycles. The second-order valence-corrected chi connectivity index (χ2v) is 2.93. The average Bonchev–Trinajstić information content (AvgIpc) is 2.16. The lowest BCUT2D eigenvalue weighted by Gasteiger charge is -2.00. The Morgan fingerprint density at radius 3 is 2.73 bits per heavy atom. The van der Waals surface area contributed by atoms with Crippen LogP contribution in [0.25, 0.3) is 0 Å². The Morgan fingerprint density at radius 1 is 1.53 bits per heavy atom. The van der Waals surface area contributed by atoms with Gasteiger partial charge in [-0.05, 0) is 18.1 Å². The number of carbonyl (C=O) groups is 1. The number of nitrogens with zero attached hydrogens (tertiary/aromatic N) is 1. The summed E-state index contributed by atoms with van der Waals surface area (Å²) in [6.07, 6.45) is -0.305. The number of carboxylic acids is 1. The summed E-state index contributed by atoms with van der Waals surface area (Å²) in [7, 11) is 0. The molecule has 1 N–H and O–H groups in total. The zero-order valence-corrected chi connectivity index (χ0v) is 7.64. The number of hydrogen-bond acceptors (Lipinski definition) is 3. The van der Waals surface area contributed by atoms with Crippen molar-refractivity contribution in [2.75, 3.05) is 0 Å². The first-order valence-corrected chi connectivity index (χ1v) is 4.15. The Kier molecular flexibility index (Phi) is 3.33. The molecule has 15 heavy (non-hydrogen) atoms. The summed E-state index contributed by atoms with van der Waals surface area (Å²) in [5.41, 5.74) is -0.191. The molecule has 0 radical (unpaired) electrons. The minimum absolute atomic E-state index is 0.0478. The van der Waals surface area contributed by atoms with E-state index in [1.54, 1.807) is 0 Å². The molecule has 0 bridgehead atoms. The number of nitro benzene ring substituents is 1. The van der Waals surface area contributed by atoms with E-state index in [1.165, 1.54) is 0 Å². The summed E-state index contributed by atoms with van der Waals surface area (Å²) in [6, 6.07) is 3.06. The van der Waals surface area contributed by atoms with Gasteiger partial charge >= 0.3 is 5.97 Å². The molecule has 0 amide bonds. The quantitative estimate of drug-likeness (QED) is 0.610. The Labute approximate surface area is 84.3 Å². The fourth-order valence-electron chi connectivity index (χ4n) is 1.11. The summed E-state index contributed by atoms with van der Waals surface area (Å²) in [5.74, 6) is -1.69. The number of hydrogen-bond donors (Lipinski definition) is 1. The molecule has 0 aliphatic rings. The van der Waals surface area contributed by atoms with Crippen molar-refractivity contribution in [3.63, 3.8) is 0 Å². The molecule has 0 atom stereocenters. The standard InChI is InChI=1S/C9H8FNO4/c10-8-3-2-7(11(14)15)5-6(8)1-4-9(12)13/h2-3,5H,1,4H2,(H,12,13). The van der Waals surface area contributed by atoms with Crippen molar-refractivity contribution in [3.8, 4) is 0 Å². The molecule has 0 fully saturated rings. The highest BCUT2D eigenvalue weighted by molar-refractivity contribution is 5.67. The molecule has 0 saturated heterocycles.